The van der Waals surface area contributed by atoms with Crippen LogP contribution in [0.15, 0.2) is 0 Å². The van der Waals surface area contributed by atoms with E-state index < -0.39 is 0 Å². The summed E-state index contributed by atoms with van der Waals surface area (Å²) in [5.74, 6) is 0.744. The molecule has 1 saturated heterocycles. The minimum Gasteiger partial charge on any atom is -0.378 e. The van der Waals surface area contributed by atoms with Crippen LogP contribution in [0.3, 0.4) is 0 Å². The third kappa shape index (κ3) is 4.52. The second kappa shape index (κ2) is 6.49. The maximum absolute atomic E-state index is 5.77. The van der Waals surface area contributed by atoms with E-state index in [9.17, 15) is 0 Å². The van der Waals surface area contributed by atoms with Gasteiger partial charge in [0.25, 0.3) is 0 Å². The molecule has 0 bridgehead atoms. The first-order chi connectivity index (χ1) is 7.20. The van der Waals surface area contributed by atoms with Gasteiger partial charge in [0.05, 0.1) is 18.8 Å². The lowest BCUT2D eigenvalue weighted by Gasteiger charge is -2.38. The summed E-state index contributed by atoms with van der Waals surface area (Å²) in [4.78, 5) is 0. The summed E-state index contributed by atoms with van der Waals surface area (Å²) in [6, 6.07) is 0. The molecule has 0 aromatic heterocycles. The van der Waals surface area contributed by atoms with Crippen molar-refractivity contribution in [2.24, 2.45) is 5.92 Å². The standard InChI is InChI=1S/C13H26O2/c1-4-6-7-12(5-2)10-14-11-13(3)8-9-15-13/h12H,4-11H2,1-3H3. The lowest BCUT2D eigenvalue weighted by atomic mass is 9.98. The molecule has 0 saturated carbocycles. The number of ether oxygens (including phenoxy) is 2. The van der Waals surface area contributed by atoms with E-state index in [2.05, 4.69) is 20.8 Å². The number of unbranched alkanes of at least 4 members (excludes halogenated alkanes) is 1. The van der Waals surface area contributed by atoms with E-state index in [-0.39, 0.29) is 5.60 Å². The highest BCUT2D eigenvalue weighted by molar-refractivity contribution is 4.82. The molecule has 0 radical (unpaired) electrons. The van der Waals surface area contributed by atoms with Crippen molar-refractivity contribution >= 4 is 0 Å². The topological polar surface area (TPSA) is 18.5 Å². The van der Waals surface area contributed by atoms with Crippen molar-refractivity contribution in [2.45, 2.75) is 58.5 Å². The first kappa shape index (κ1) is 13.0. The molecule has 1 fully saturated rings. The van der Waals surface area contributed by atoms with Crippen molar-refractivity contribution < 1.29 is 9.47 Å². The molecule has 0 N–H and O–H groups in total. The Bertz CT molecular complexity index is 164. The van der Waals surface area contributed by atoms with E-state index in [0.29, 0.717) is 0 Å². The normalized spacial score (nSPS) is 27.4. The van der Waals surface area contributed by atoms with Gasteiger partial charge in [-0.25, -0.2) is 0 Å². The highest BCUT2D eigenvalue weighted by Crippen LogP contribution is 2.26. The van der Waals surface area contributed by atoms with Gasteiger partial charge in [-0.3, -0.25) is 0 Å². The zero-order valence-electron chi connectivity index (χ0n) is 10.6. The van der Waals surface area contributed by atoms with Crippen molar-refractivity contribution in [3.8, 4) is 0 Å². The average Bonchev–Trinajstić information content (AvgIpc) is 2.20. The highest BCUT2D eigenvalue weighted by atomic mass is 16.6. The molecule has 0 spiro atoms. The second-order valence-corrected chi connectivity index (χ2v) is 4.98. The lowest BCUT2D eigenvalue weighted by molar-refractivity contribution is -0.171. The van der Waals surface area contributed by atoms with E-state index in [0.717, 1.165) is 32.2 Å². The van der Waals surface area contributed by atoms with Crippen LogP contribution in [0, 0.1) is 5.92 Å². The summed E-state index contributed by atoms with van der Waals surface area (Å²) in [6.07, 6.45) is 6.31. The SMILES string of the molecule is CCCCC(CC)COCC1(C)CCO1. The number of rotatable bonds is 8. The molecule has 2 heteroatoms. The zero-order chi connectivity index (χ0) is 11.1. The Morgan fingerprint density at radius 1 is 1.40 bits per heavy atom. The smallest absolute Gasteiger partial charge is 0.0908 e. The molecule has 2 nitrogen and oxygen atoms in total. The van der Waals surface area contributed by atoms with Gasteiger partial charge in [0.2, 0.25) is 0 Å². The van der Waals surface area contributed by atoms with Crippen molar-refractivity contribution in [3.05, 3.63) is 0 Å². The third-order valence-electron chi connectivity index (χ3n) is 3.39. The molecule has 2 unspecified atom stereocenters. The first-order valence-electron chi connectivity index (χ1n) is 6.42. The molecular weight excluding hydrogens is 188 g/mol. The molecule has 0 aliphatic carbocycles. The maximum Gasteiger partial charge on any atom is 0.0908 e. The quantitative estimate of drug-likeness (QED) is 0.616. The average molecular weight is 214 g/mol. The van der Waals surface area contributed by atoms with Crippen LogP contribution in [-0.4, -0.2) is 25.4 Å². The van der Waals surface area contributed by atoms with Gasteiger partial charge in [-0.2, -0.15) is 0 Å². The minimum atomic E-state index is 0.0308. The lowest BCUT2D eigenvalue weighted by Crippen LogP contribution is -2.45. The zero-order valence-corrected chi connectivity index (χ0v) is 10.6. The van der Waals surface area contributed by atoms with E-state index in [1.807, 2.05) is 0 Å². The molecule has 0 aromatic carbocycles. The van der Waals surface area contributed by atoms with Crippen LogP contribution in [0.25, 0.3) is 0 Å². The monoisotopic (exact) mass is 214 g/mol. The van der Waals surface area contributed by atoms with E-state index in [1.54, 1.807) is 0 Å². The van der Waals surface area contributed by atoms with E-state index in [4.69, 9.17) is 9.47 Å². The Balaban J connectivity index is 2.05. The predicted molar refractivity (Wildman–Crippen MR) is 63.1 cm³/mol. The van der Waals surface area contributed by atoms with Crippen LogP contribution in [0.4, 0.5) is 0 Å². The molecule has 2 atom stereocenters. The van der Waals surface area contributed by atoms with Crippen molar-refractivity contribution in [1.82, 2.24) is 0 Å². The maximum atomic E-state index is 5.77. The van der Waals surface area contributed by atoms with Crippen molar-refractivity contribution in [1.29, 1.82) is 0 Å². The fourth-order valence-electron chi connectivity index (χ4n) is 1.90. The van der Waals surface area contributed by atoms with Crippen molar-refractivity contribution in [3.63, 3.8) is 0 Å². The Kier molecular flexibility index (Phi) is 5.62. The largest absolute Gasteiger partial charge is 0.378 e. The molecule has 15 heavy (non-hydrogen) atoms. The van der Waals surface area contributed by atoms with Gasteiger partial charge in [0.1, 0.15) is 0 Å². The van der Waals surface area contributed by atoms with Crippen LogP contribution in [0.1, 0.15) is 52.9 Å². The van der Waals surface area contributed by atoms with Gasteiger partial charge in [-0.1, -0.05) is 33.1 Å². The van der Waals surface area contributed by atoms with Gasteiger partial charge >= 0.3 is 0 Å². The fourth-order valence-corrected chi connectivity index (χ4v) is 1.90. The summed E-state index contributed by atoms with van der Waals surface area (Å²) in [5, 5.41) is 0. The summed E-state index contributed by atoms with van der Waals surface area (Å²) in [6.45, 7) is 9.24. The van der Waals surface area contributed by atoms with E-state index in [1.165, 1.54) is 25.7 Å². The Morgan fingerprint density at radius 3 is 2.60 bits per heavy atom. The molecule has 1 aliphatic rings. The first-order valence-corrected chi connectivity index (χ1v) is 6.42. The molecule has 0 aromatic rings. The molecule has 0 amide bonds. The second-order valence-electron chi connectivity index (χ2n) is 4.98. The predicted octanol–water partition coefficient (Wildman–Crippen LogP) is 3.40. The van der Waals surface area contributed by atoms with Crippen LogP contribution >= 0.6 is 0 Å². The van der Waals surface area contributed by atoms with Crippen LogP contribution < -0.4 is 0 Å². The molecular formula is C13H26O2. The fraction of sp³-hybridized carbons (Fsp3) is 1.00. The Hall–Kier alpha value is -0.0800. The molecule has 1 heterocycles. The van der Waals surface area contributed by atoms with Gasteiger partial charge in [0, 0.05) is 13.0 Å². The van der Waals surface area contributed by atoms with Gasteiger partial charge in [-0.05, 0) is 19.3 Å². The molecule has 1 rings (SSSR count). The summed E-state index contributed by atoms with van der Waals surface area (Å²) < 4.78 is 11.3. The number of hydrogen-bond acceptors (Lipinski definition) is 2. The summed E-state index contributed by atoms with van der Waals surface area (Å²) in [7, 11) is 0. The van der Waals surface area contributed by atoms with Crippen LogP contribution in [-0.2, 0) is 9.47 Å². The third-order valence-corrected chi connectivity index (χ3v) is 3.39. The summed E-state index contributed by atoms with van der Waals surface area (Å²) in [5.41, 5.74) is 0.0308. The van der Waals surface area contributed by atoms with Crippen LogP contribution in [0.2, 0.25) is 0 Å². The van der Waals surface area contributed by atoms with Gasteiger partial charge < -0.3 is 9.47 Å². The molecule has 1 aliphatic heterocycles. The van der Waals surface area contributed by atoms with Gasteiger partial charge in [0.15, 0.2) is 0 Å². The highest BCUT2D eigenvalue weighted by Gasteiger charge is 2.33. The Labute approximate surface area is 94.3 Å². The Morgan fingerprint density at radius 2 is 2.13 bits per heavy atom. The molecule has 90 valence electrons. The van der Waals surface area contributed by atoms with Crippen LogP contribution in [0.5, 0.6) is 0 Å². The number of hydrogen-bond donors (Lipinski definition) is 0. The van der Waals surface area contributed by atoms with E-state index >= 15 is 0 Å². The summed E-state index contributed by atoms with van der Waals surface area (Å²) >= 11 is 0. The minimum absolute atomic E-state index is 0.0308. The van der Waals surface area contributed by atoms with Crippen molar-refractivity contribution in [2.75, 3.05) is 19.8 Å². The van der Waals surface area contributed by atoms with Gasteiger partial charge in [-0.15, -0.1) is 0 Å².